The van der Waals surface area contributed by atoms with Crippen LogP contribution < -0.4 is 0 Å². The van der Waals surface area contributed by atoms with Gasteiger partial charge < -0.3 is 4.43 Å². The Hall–Kier alpha value is 0.177. The molecule has 0 aromatic carbocycles. The Bertz CT molecular complexity index is 238. The first-order valence-corrected chi connectivity index (χ1v) is 7.44. The Labute approximate surface area is 89.0 Å². The third kappa shape index (κ3) is 1.30. The van der Waals surface area contributed by atoms with Crippen LogP contribution in [0.2, 0.25) is 10.1 Å². The minimum atomic E-state index is -0.500. The first-order valence-electron chi connectivity index (χ1n) is 6.03. The SMILES string of the molecule is CC(C)(C)O[Si]1C2(CC2)CCC12CC2. The summed E-state index contributed by atoms with van der Waals surface area (Å²) in [6.45, 7) is 6.69. The molecule has 0 amide bonds. The van der Waals surface area contributed by atoms with Crippen LogP contribution in [0.25, 0.3) is 0 Å². The molecule has 0 N–H and O–H groups in total. The fraction of sp³-hybridized carbons (Fsp3) is 1.00. The molecule has 14 heavy (non-hydrogen) atoms. The molecule has 3 aliphatic rings. The van der Waals surface area contributed by atoms with Gasteiger partial charge in [0.15, 0.2) is 0 Å². The predicted octanol–water partition coefficient (Wildman–Crippen LogP) is 3.66. The Kier molecular flexibility index (Phi) is 1.65. The van der Waals surface area contributed by atoms with E-state index in [1.165, 1.54) is 38.5 Å². The van der Waals surface area contributed by atoms with Crippen LogP contribution in [0.15, 0.2) is 0 Å². The van der Waals surface area contributed by atoms with Crippen molar-refractivity contribution in [1.29, 1.82) is 0 Å². The van der Waals surface area contributed by atoms with Crippen molar-refractivity contribution in [2.24, 2.45) is 0 Å². The number of rotatable bonds is 1. The standard InChI is InChI=1S/C12H21OSi/c1-10(2,3)13-14-11(4-5-11)8-9-12(14)6-7-12/h4-9H2,1-3H3. The highest BCUT2D eigenvalue weighted by molar-refractivity contribution is 6.62. The van der Waals surface area contributed by atoms with E-state index < -0.39 is 9.04 Å². The summed E-state index contributed by atoms with van der Waals surface area (Å²) in [6.07, 6.45) is 8.94. The Balaban J connectivity index is 1.81. The van der Waals surface area contributed by atoms with E-state index >= 15 is 0 Å². The van der Waals surface area contributed by atoms with E-state index in [1.807, 2.05) is 0 Å². The minimum Gasteiger partial charge on any atom is -0.411 e. The van der Waals surface area contributed by atoms with Crippen molar-refractivity contribution in [3.05, 3.63) is 0 Å². The quantitative estimate of drug-likeness (QED) is 0.599. The van der Waals surface area contributed by atoms with Crippen molar-refractivity contribution in [2.45, 2.75) is 75.0 Å². The van der Waals surface area contributed by atoms with Crippen LogP contribution in [0.1, 0.15) is 59.3 Å². The van der Waals surface area contributed by atoms with E-state index in [0.717, 1.165) is 10.1 Å². The fourth-order valence-electron chi connectivity index (χ4n) is 3.05. The molecule has 0 atom stereocenters. The van der Waals surface area contributed by atoms with Gasteiger partial charge in [0, 0.05) is 5.60 Å². The number of hydrogen-bond donors (Lipinski definition) is 0. The average Bonchev–Trinajstić information content (AvgIpc) is 2.93. The molecule has 0 aromatic heterocycles. The van der Waals surface area contributed by atoms with E-state index in [9.17, 15) is 0 Å². The van der Waals surface area contributed by atoms with E-state index in [2.05, 4.69) is 20.8 Å². The van der Waals surface area contributed by atoms with Crippen molar-refractivity contribution >= 4 is 9.04 Å². The molecular formula is C12H21OSi. The second kappa shape index (κ2) is 2.46. The van der Waals surface area contributed by atoms with Crippen molar-refractivity contribution in [2.75, 3.05) is 0 Å². The van der Waals surface area contributed by atoms with Crippen LogP contribution in [0.4, 0.5) is 0 Å². The van der Waals surface area contributed by atoms with Crippen LogP contribution >= 0.6 is 0 Å². The Morgan fingerprint density at radius 3 is 1.50 bits per heavy atom. The maximum absolute atomic E-state index is 6.46. The van der Waals surface area contributed by atoms with E-state index in [1.54, 1.807) is 0 Å². The average molecular weight is 209 g/mol. The summed E-state index contributed by atoms with van der Waals surface area (Å²) in [5.41, 5.74) is 0.101. The molecule has 1 aliphatic heterocycles. The van der Waals surface area contributed by atoms with Crippen molar-refractivity contribution in [1.82, 2.24) is 0 Å². The van der Waals surface area contributed by atoms with Gasteiger partial charge in [-0.25, -0.2) is 0 Å². The van der Waals surface area contributed by atoms with Crippen LogP contribution in [0, 0.1) is 0 Å². The van der Waals surface area contributed by atoms with E-state index in [0.29, 0.717) is 0 Å². The monoisotopic (exact) mass is 209 g/mol. The second-order valence-electron chi connectivity index (χ2n) is 6.60. The van der Waals surface area contributed by atoms with E-state index in [-0.39, 0.29) is 5.60 Å². The zero-order valence-corrected chi connectivity index (χ0v) is 10.7. The summed E-state index contributed by atoms with van der Waals surface area (Å²) >= 11 is 0. The van der Waals surface area contributed by atoms with Gasteiger partial charge in [0.25, 0.3) is 0 Å². The van der Waals surface area contributed by atoms with Crippen molar-refractivity contribution in [3.63, 3.8) is 0 Å². The van der Waals surface area contributed by atoms with Crippen molar-refractivity contribution < 1.29 is 4.43 Å². The first-order chi connectivity index (χ1) is 6.46. The van der Waals surface area contributed by atoms with Gasteiger partial charge in [-0.2, -0.15) is 0 Å². The van der Waals surface area contributed by atoms with Gasteiger partial charge in [-0.05, 0) is 69.4 Å². The van der Waals surface area contributed by atoms with Gasteiger partial charge in [0.2, 0.25) is 9.04 Å². The molecule has 2 spiro atoms. The lowest BCUT2D eigenvalue weighted by molar-refractivity contribution is 0.122. The maximum Gasteiger partial charge on any atom is 0.225 e. The summed E-state index contributed by atoms with van der Waals surface area (Å²) in [7, 11) is -0.500. The Morgan fingerprint density at radius 2 is 1.21 bits per heavy atom. The molecule has 1 heterocycles. The molecule has 3 fully saturated rings. The van der Waals surface area contributed by atoms with Crippen LogP contribution in [-0.4, -0.2) is 14.6 Å². The van der Waals surface area contributed by atoms with Gasteiger partial charge in [0.1, 0.15) is 0 Å². The summed E-state index contributed by atoms with van der Waals surface area (Å²) in [5, 5.41) is 1.49. The maximum atomic E-state index is 6.46. The summed E-state index contributed by atoms with van der Waals surface area (Å²) in [5.74, 6) is 0. The summed E-state index contributed by atoms with van der Waals surface area (Å²) in [4.78, 5) is 0. The molecule has 0 bridgehead atoms. The third-order valence-electron chi connectivity index (χ3n) is 4.16. The van der Waals surface area contributed by atoms with Crippen LogP contribution in [0.3, 0.4) is 0 Å². The fourth-order valence-corrected chi connectivity index (χ4v) is 7.08. The highest BCUT2D eigenvalue weighted by atomic mass is 28.3. The lowest BCUT2D eigenvalue weighted by Crippen LogP contribution is -2.35. The highest BCUT2D eigenvalue weighted by Gasteiger charge is 2.70. The lowest BCUT2D eigenvalue weighted by Gasteiger charge is -2.31. The molecule has 1 saturated heterocycles. The molecule has 2 saturated carbocycles. The van der Waals surface area contributed by atoms with Crippen LogP contribution in [0.5, 0.6) is 0 Å². The van der Waals surface area contributed by atoms with Gasteiger partial charge in [-0.15, -0.1) is 0 Å². The molecule has 0 aromatic rings. The normalized spacial score (nSPS) is 32.8. The molecule has 2 aliphatic carbocycles. The smallest absolute Gasteiger partial charge is 0.225 e. The highest BCUT2D eigenvalue weighted by Crippen LogP contribution is 2.79. The predicted molar refractivity (Wildman–Crippen MR) is 59.7 cm³/mol. The van der Waals surface area contributed by atoms with Gasteiger partial charge >= 0.3 is 0 Å². The zero-order valence-electron chi connectivity index (χ0n) is 9.65. The van der Waals surface area contributed by atoms with Gasteiger partial charge in [-0.1, -0.05) is 0 Å². The van der Waals surface area contributed by atoms with Gasteiger partial charge in [0.05, 0.1) is 0 Å². The van der Waals surface area contributed by atoms with Crippen molar-refractivity contribution in [3.8, 4) is 0 Å². The molecule has 79 valence electrons. The molecular weight excluding hydrogens is 188 g/mol. The first kappa shape index (κ1) is 9.41. The molecule has 2 heteroatoms. The lowest BCUT2D eigenvalue weighted by atomic mass is 10.2. The zero-order chi connectivity index (χ0) is 10.0. The third-order valence-corrected chi connectivity index (χ3v) is 8.40. The van der Waals surface area contributed by atoms with Crippen LogP contribution in [-0.2, 0) is 4.43 Å². The molecule has 1 radical (unpaired) electrons. The largest absolute Gasteiger partial charge is 0.411 e. The minimum absolute atomic E-state index is 0.101. The van der Waals surface area contributed by atoms with Gasteiger partial charge in [-0.3, -0.25) is 0 Å². The molecule has 1 nitrogen and oxygen atoms in total. The Morgan fingerprint density at radius 1 is 0.857 bits per heavy atom. The second-order valence-corrected chi connectivity index (χ2v) is 9.59. The summed E-state index contributed by atoms with van der Waals surface area (Å²) in [6, 6.07) is 0. The molecule has 3 rings (SSSR count). The number of hydrogen-bond acceptors (Lipinski definition) is 1. The molecule has 0 unspecified atom stereocenters. The topological polar surface area (TPSA) is 9.23 Å². The summed E-state index contributed by atoms with van der Waals surface area (Å²) < 4.78 is 6.46. The van der Waals surface area contributed by atoms with E-state index in [4.69, 9.17) is 4.43 Å².